The number of hydrogen-bond acceptors (Lipinski definition) is 5. The molecule has 0 aromatic rings. The molecular formula is C49H90N2O6P+. The first kappa shape index (κ1) is 55.9. The average molecular weight is 834 g/mol. The van der Waals surface area contributed by atoms with Gasteiger partial charge >= 0.3 is 7.82 Å². The van der Waals surface area contributed by atoms with Crippen LogP contribution in [0.2, 0.25) is 0 Å². The Morgan fingerprint density at radius 3 is 1.52 bits per heavy atom. The van der Waals surface area contributed by atoms with Gasteiger partial charge in [-0.2, -0.15) is 0 Å². The molecule has 8 nitrogen and oxygen atoms in total. The zero-order valence-corrected chi connectivity index (χ0v) is 38.9. The molecule has 0 aromatic carbocycles. The molecule has 0 bridgehead atoms. The van der Waals surface area contributed by atoms with Crippen molar-refractivity contribution < 1.29 is 32.9 Å². The largest absolute Gasteiger partial charge is 0.472 e. The van der Waals surface area contributed by atoms with Gasteiger partial charge in [0, 0.05) is 6.42 Å². The number of nitrogens with zero attached hydrogens (tertiary/aromatic N) is 1. The van der Waals surface area contributed by atoms with E-state index in [-0.39, 0.29) is 19.1 Å². The molecule has 3 atom stereocenters. The van der Waals surface area contributed by atoms with Gasteiger partial charge in [-0.15, -0.1) is 0 Å². The molecule has 3 unspecified atom stereocenters. The Morgan fingerprint density at radius 1 is 0.603 bits per heavy atom. The predicted molar refractivity (Wildman–Crippen MR) is 249 cm³/mol. The van der Waals surface area contributed by atoms with Crippen LogP contribution in [0, 0.1) is 0 Å². The summed E-state index contributed by atoms with van der Waals surface area (Å²) in [7, 11) is 1.54. The quantitative estimate of drug-likeness (QED) is 0.0245. The maximum absolute atomic E-state index is 12.9. The maximum Gasteiger partial charge on any atom is 0.472 e. The minimum atomic E-state index is -4.35. The van der Waals surface area contributed by atoms with E-state index in [9.17, 15) is 19.4 Å². The van der Waals surface area contributed by atoms with Gasteiger partial charge in [-0.3, -0.25) is 13.8 Å². The van der Waals surface area contributed by atoms with Crippen molar-refractivity contribution in [2.24, 2.45) is 0 Å². The van der Waals surface area contributed by atoms with E-state index in [0.29, 0.717) is 17.4 Å². The van der Waals surface area contributed by atoms with Gasteiger partial charge in [0.1, 0.15) is 13.2 Å². The van der Waals surface area contributed by atoms with Crippen molar-refractivity contribution in [3.63, 3.8) is 0 Å². The SMILES string of the molecule is CC/C=C\C/C=C\C/C=C\C/C=C\C/C=C\CCCCCC(=O)NC(COP(=O)(O)OCC[N+](C)(C)C)C(O)/C=C/CCCCCCCCCCCCCCCCC. The summed E-state index contributed by atoms with van der Waals surface area (Å²) in [6, 6.07) is -0.867. The van der Waals surface area contributed by atoms with Crippen LogP contribution in [0.15, 0.2) is 72.9 Å². The molecule has 0 aliphatic heterocycles. The van der Waals surface area contributed by atoms with Crippen LogP contribution in [0.3, 0.4) is 0 Å². The first-order chi connectivity index (χ1) is 28.0. The van der Waals surface area contributed by atoms with Crippen molar-refractivity contribution in [2.75, 3.05) is 40.9 Å². The molecule has 0 fully saturated rings. The molecule has 3 N–H and O–H groups in total. The second-order valence-electron chi connectivity index (χ2n) is 16.8. The second-order valence-corrected chi connectivity index (χ2v) is 18.2. The number of phosphoric acid groups is 1. The van der Waals surface area contributed by atoms with Gasteiger partial charge in [0.25, 0.3) is 0 Å². The highest BCUT2D eigenvalue weighted by Gasteiger charge is 2.27. The van der Waals surface area contributed by atoms with E-state index < -0.39 is 20.0 Å². The number of likely N-dealkylation sites (N-methyl/N-ethyl adjacent to an activating group) is 1. The van der Waals surface area contributed by atoms with Gasteiger partial charge in [0.05, 0.1) is 39.9 Å². The summed E-state index contributed by atoms with van der Waals surface area (Å²) in [6.07, 6.45) is 54.0. The van der Waals surface area contributed by atoms with Crippen molar-refractivity contribution in [1.82, 2.24) is 5.32 Å². The number of quaternary nitrogens is 1. The molecule has 0 radical (unpaired) electrons. The number of unbranched alkanes of at least 4 members (excludes halogenated alkanes) is 18. The highest BCUT2D eigenvalue weighted by molar-refractivity contribution is 7.47. The minimum Gasteiger partial charge on any atom is -0.387 e. The van der Waals surface area contributed by atoms with Crippen molar-refractivity contribution in [2.45, 2.75) is 193 Å². The maximum atomic E-state index is 12.9. The summed E-state index contributed by atoms with van der Waals surface area (Å²) in [5, 5.41) is 13.8. The fourth-order valence-corrected chi connectivity index (χ4v) is 6.98. The Morgan fingerprint density at radius 2 is 1.03 bits per heavy atom. The van der Waals surface area contributed by atoms with Crippen molar-refractivity contribution in [3.05, 3.63) is 72.9 Å². The Labute approximate surface area is 357 Å². The fraction of sp³-hybridized carbons (Fsp3) is 0.735. The van der Waals surface area contributed by atoms with E-state index in [0.717, 1.165) is 77.0 Å². The summed E-state index contributed by atoms with van der Waals surface area (Å²) in [6.45, 7) is 4.66. The van der Waals surface area contributed by atoms with E-state index in [4.69, 9.17) is 9.05 Å². The van der Waals surface area contributed by atoms with E-state index in [1.54, 1.807) is 6.08 Å². The fourth-order valence-electron chi connectivity index (χ4n) is 6.24. The lowest BCUT2D eigenvalue weighted by atomic mass is 10.0. The zero-order chi connectivity index (χ0) is 42.8. The first-order valence-corrected chi connectivity index (χ1v) is 24.8. The van der Waals surface area contributed by atoms with Crippen molar-refractivity contribution in [3.8, 4) is 0 Å². The van der Waals surface area contributed by atoms with Crippen LogP contribution >= 0.6 is 7.82 Å². The molecule has 0 aromatic heterocycles. The standard InChI is InChI=1S/C49H89N2O6P/c1-6-8-10-12-14-16-18-20-22-24-25-27-29-31-33-35-37-39-41-43-49(53)50-47(46-57-58(54,55)56-45-44-51(3,4)5)48(52)42-40-38-36-34-32-30-28-26-23-21-19-17-15-13-11-9-7-2/h8,10,14,16,20,22,25,27,31,33,40,42,47-48,52H,6-7,9,11-13,15,17-19,21,23-24,26,28-30,32,34-39,41,43-46H2,1-5H3,(H-,50,53,54,55)/p+1/b10-8-,16-14-,22-20-,27-25-,33-31-,42-40+. The minimum absolute atomic E-state index is 0.0512. The number of allylic oxidation sites excluding steroid dienone is 11. The van der Waals surface area contributed by atoms with Gasteiger partial charge < -0.3 is 19.8 Å². The van der Waals surface area contributed by atoms with Crippen LogP contribution in [-0.2, 0) is 18.4 Å². The molecule has 58 heavy (non-hydrogen) atoms. The molecule has 0 rings (SSSR count). The molecule has 0 aliphatic rings. The van der Waals surface area contributed by atoms with Gasteiger partial charge in [0.15, 0.2) is 0 Å². The van der Waals surface area contributed by atoms with E-state index in [1.165, 1.54) is 83.5 Å². The number of nitrogens with one attached hydrogen (secondary N) is 1. The Balaban J connectivity index is 4.48. The predicted octanol–water partition coefficient (Wildman–Crippen LogP) is 13.2. The zero-order valence-electron chi connectivity index (χ0n) is 38.0. The topological polar surface area (TPSA) is 105 Å². The molecule has 9 heteroatoms. The molecule has 0 saturated heterocycles. The second kappa shape index (κ2) is 40.4. The van der Waals surface area contributed by atoms with Crippen LogP contribution in [0.4, 0.5) is 0 Å². The van der Waals surface area contributed by atoms with Crippen LogP contribution in [0.25, 0.3) is 0 Å². The van der Waals surface area contributed by atoms with Crippen LogP contribution in [0.1, 0.15) is 181 Å². The highest BCUT2D eigenvalue weighted by Crippen LogP contribution is 2.43. The number of phosphoric ester groups is 1. The number of carbonyl (C=O) groups is 1. The van der Waals surface area contributed by atoms with Gasteiger partial charge in [-0.1, -0.05) is 183 Å². The lowest BCUT2D eigenvalue weighted by Gasteiger charge is -2.25. The van der Waals surface area contributed by atoms with Gasteiger partial charge in [-0.25, -0.2) is 4.57 Å². The average Bonchev–Trinajstić information content (AvgIpc) is 3.17. The molecule has 0 aliphatic carbocycles. The van der Waals surface area contributed by atoms with Gasteiger partial charge in [-0.05, 0) is 64.2 Å². The third-order valence-corrected chi connectivity index (χ3v) is 10.9. The number of rotatable bonds is 41. The summed E-state index contributed by atoms with van der Waals surface area (Å²) in [5.74, 6) is -0.211. The normalized spacial score (nSPS) is 14.9. The Bertz CT molecular complexity index is 1170. The van der Waals surface area contributed by atoms with E-state index in [1.807, 2.05) is 27.2 Å². The van der Waals surface area contributed by atoms with E-state index in [2.05, 4.69) is 79.9 Å². The summed E-state index contributed by atoms with van der Waals surface area (Å²) < 4.78 is 23.6. The van der Waals surface area contributed by atoms with E-state index >= 15 is 0 Å². The molecule has 0 saturated carbocycles. The van der Waals surface area contributed by atoms with Crippen LogP contribution in [0.5, 0.6) is 0 Å². The monoisotopic (exact) mass is 834 g/mol. The smallest absolute Gasteiger partial charge is 0.387 e. The molecule has 1 amide bonds. The summed E-state index contributed by atoms with van der Waals surface area (Å²) >= 11 is 0. The Hall–Kier alpha value is -2.06. The number of aliphatic hydroxyl groups is 1. The lowest BCUT2D eigenvalue weighted by molar-refractivity contribution is -0.870. The van der Waals surface area contributed by atoms with Gasteiger partial charge in [0.2, 0.25) is 5.91 Å². The third kappa shape index (κ3) is 42.1. The summed E-state index contributed by atoms with van der Waals surface area (Å²) in [4.78, 5) is 23.1. The highest BCUT2D eigenvalue weighted by atomic mass is 31.2. The third-order valence-electron chi connectivity index (χ3n) is 9.93. The number of carbonyl (C=O) groups excluding carboxylic acids is 1. The Kier molecular flexibility index (Phi) is 38.9. The lowest BCUT2D eigenvalue weighted by Crippen LogP contribution is -2.45. The molecule has 336 valence electrons. The van der Waals surface area contributed by atoms with Crippen molar-refractivity contribution in [1.29, 1.82) is 0 Å². The number of hydrogen-bond donors (Lipinski definition) is 3. The van der Waals surface area contributed by atoms with Crippen LogP contribution < -0.4 is 5.32 Å². The van der Waals surface area contributed by atoms with Crippen molar-refractivity contribution >= 4 is 13.7 Å². The number of aliphatic hydroxyl groups excluding tert-OH is 1. The number of amides is 1. The first-order valence-electron chi connectivity index (χ1n) is 23.3. The molecule has 0 spiro atoms. The van der Waals surface area contributed by atoms with Crippen LogP contribution in [-0.4, -0.2) is 73.4 Å². The molecule has 0 heterocycles. The summed E-state index contributed by atoms with van der Waals surface area (Å²) in [5.41, 5.74) is 0. The molecular weight excluding hydrogens is 744 g/mol.